The summed E-state index contributed by atoms with van der Waals surface area (Å²) < 4.78 is 34.3. The predicted octanol–water partition coefficient (Wildman–Crippen LogP) is 6.63. The normalized spacial score (nSPS) is 11.8. The number of fused-ring (bicyclic) bond motifs is 1. The fourth-order valence-electron chi connectivity index (χ4n) is 4.06. The van der Waals surface area contributed by atoms with E-state index >= 15 is 0 Å². The lowest BCUT2D eigenvalue weighted by atomic mass is 10.0. The molecule has 0 bridgehead atoms. The fourth-order valence-corrected chi connectivity index (χ4v) is 5.44. The van der Waals surface area contributed by atoms with Gasteiger partial charge in [-0.2, -0.15) is 0 Å². The zero-order valence-electron chi connectivity index (χ0n) is 19.7. The van der Waals surface area contributed by atoms with Crippen LogP contribution in [0.1, 0.15) is 42.0 Å². The van der Waals surface area contributed by atoms with Gasteiger partial charge in [-0.15, -0.1) is 0 Å². The Morgan fingerprint density at radius 2 is 1.56 bits per heavy atom. The molecule has 1 aromatic heterocycles. The first-order valence-corrected chi connectivity index (χ1v) is 12.3. The number of ether oxygens (including phenoxy) is 1. The summed E-state index contributed by atoms with van der Waals surface area (Å²) in [5.74, 6) is 1.15. The smallest absolute Gasteiger partial charge is 0.270 e. The largest absolute Gasteiger partial charge is 0.457 e. The first-order chi connectivity index (χ1) is 16.0. The van der Waals surface area contributed by atoms with E-state index in [1.807, 2.05) is 26.8 Å². The molecule has 0 spiro atoms. The van der Waals surface area contributed by atoms with E-state index in [1.165, 1.54) is 16.1 Å². The molecule has 7 nitrogen and oxygen atoms in total. The summed E-state index contributed by atoms with van der Waals surface area (Å²) in [7, 11) is -3.78. The molecule has 0 amide bonds. The Kier molecular flexibility index (Phi) is 5.95. The Labute approximate surface area is 198 Å². The van der Waals surface area contributed by atoms with Crippen LogP contribution in [-0.4, -0.2) is 17.3 Å². The number of nitro benzene ring substituents is 1. The van der Waals surface area contributed by atoms with Crippen molar-refractivity contribution >= 4 is 26.6 Å². The van der Waals surface area contributed by atoms with Gasteiger partial charge in [0.15, 0.2) is 0 Å². The van der Waals surface area contributed by atoms with Crippen LogP contribution in [0.25, 0.3) is 10.9 Å². The van der Waals surface area contributed by atoms with E-state index in [1.54, 1.807) is 56.4 Å². The number of hydrogen-bond donors (Lipinski definition) is 0. The summed E-state index contributed by atoms with van der Waals surface area (Å²) in [5.41, 5.74) is 3.74. The molecule has 0 aliphatic carbocycles. The quantitative estimate of drug-likeness (QED) is 0.229. The number of rotatable bonds is 6. The van der Waals surface area contributed by atoms with Crippen molar-refractivity contribution in [2.24, 2.45) is 0 Å². The molecule has 1 heterocycles. The number of aryl methyl sites for hydroxylation is 3. The van der Waals surface area contributed by atoms with Crippen molar-refractivity contribution in [3.05, 3.63) is 93.2 Å². The molecule has 4 rings (SSSR count). The Balaban J connectivity index is 1.82. The van der Waals surface area contributed by atoms with Crippen LogP contribution in [0.15, 0.2) is 65.7 Å². The van der Waals surface area contributed by atoms with E-state index in [2.05, 4.69) is 0 Å². The highest BCUT2D eigenvalue weighted by atomic mass is 32.2. The van der Waals surface area contributed by atoms with Gasteiger partial charge in [0.2, 0.25) is 0 Å². The first kappa shape index (κ1) is 23.5. The molecule has 0 unspecified atom stereocenters. The van der Waals surface area contributed by atoms with Crippen molar-refractivity contribution in [3.8, 4) is 11.5 Å². The second-order valence-corrected chi connectivity index (χ2v) is 10.6. The third-order valence-electron chi connectivity index (χ3n) is 5.85. The van der Waals surface area contributed by atoms with Gasteiger partial charge in [-0.05, 0) is 73.7 Å². The molecule has 0 aliphatic heterocycles. The van der Waals surface area contributed by atoms with Gasteiger partial charge >= 0.3 is 0 Å². The van der Waals surface area contributed by atoms with Crippen LogP contribution in [0.4, 0.5) is 5.69 Å². The van der Waals surface area contributed by atoms with E-state index in [0.29, 0.717) is 28.1 Å². The first-order valence-electron chi connectivity index (χ1n) is 10.9. The van der Waals surface area contributed by atoms with Gasteiger partial charge in [0.05, 0.1) is 15.3 Å². The van der Waals surface area contributed by atoms with E-state index in [4.69, 9.17) is 4.74 Å². The molecule has 0 fully saturated rings. The number of nitro groups is 1. The molecule has 8 heteroatoms. The van der Waals surface area contributed by atoms with Gasteiger partial charge in [0.25, 0.3) is 15.7 Å². The molecule has 0 radical (unpaired) electrons. The number of nitrogens with zero attached hydrogens (tertiary/aromatic N) is 2. The predicted molar refractivity (Wildman–Crippen MR) is 132 cm³/mol. The summed E-state index contributed by atoms with van der Waals surface area (Å²) in [6.07, 6.45) is 1.68. The van der Waals surface area contributed by atoms with E-state index in [9.17, 15) is 18.5 Å². The summed E-state index contributed by atoms with van der Waals surface area (Å²) in [6.45, 7) is 9.45. The molecule has 0 saturated carbocycles. The van der Waals surface area contributed by atoms with Gasteiger partial charge < -0.3 is 4.74 Å². The standard InChI is InChI=1S/C26H26N2O5S/c1-16(2)24-15-27(34(31,32)22-9-6-17(3)7-10-22)25-11-8-21(14-23(24)25)33-26-18(4)12-20(28(29)30)13-19(26)5/h6-16H,1-5H3. The average Bonchev–Trinajstić information content (AvgIpc) is 3.16. The second kappa shape index (κ2) is 8.61. The van der Waals surface area contributed by atoms with Crippen LogP contribution in [0, 0.1) is 30.9 Å². The second-order valence-electron chi connectivity index (χ2n) is 8.80. The SMILES string of the molecule is Cc1ccc(S(=O)(=O)n2cc(C(C)C)c3cc(Oc4c(C)cc([N+](=O)[O-])cc4C)ccc32)cc1. The van der Waals surface area contributed by atoms with Crippen LogP contribution in [0.2, 0.25) is 0 Å². The lowest BCUT2D eigenvalue weighted by Crippen LogP contribution is -2.11. The molecular weight excluding hydrogens is 452 g/mol. The van der Waals surface area contributed by atoms with Gasteiger partial charge in [0.1, 0.15) is 11.5 Å². The van der Waals surface area contributed by atoms with Gasteiger partial charge in [-0.25, -0.2) is 12.4 Å². The third-order valence-corrected chi connectivity index (χ3v) is 7.54. The van der Waals surface area contributed by atoms with Crippen molar-refractivity contribution in [2.45, 2.75) is 45.4 Å². The number of non-ortho nitro benzene ring substituents is 1. The lowest BCUT2D eigenvalue weighted by molar-refractivity contribution is -0.385. The summed E-state index contributed by atoms with van der Waals surface area (Å²) >= 11 is 0. The highest BCUT2D eigenvalue weighted by Gasteiger charge is 2.23. The van der Waals surface area contributed by atoms with Crippen LogP contribution in [-0.2, 0) is 10.0 Å². The molecule has 0 saturated heterocycles. The van der Waals surface area contributed by atoms with Gasteiger partial charge in [-0.3, -0.25) is 10.1 Å². The fraction of sp³-hybridized carbons (Fsp3) is 0.231. The zero-order valence-corrected chi connectivity index (χ0v) is 20.5. The van der Waals surface area contributed by atoms with Crippen LogP contribution in [0.3, 0.4) is 0 Å². The monoisotopic (exact) mass is 478 g/mol. The molecule has 176 valence electrons. The summed E-state index contributed by atoms with van der Waals surface area (Å²) in [5, 5.41) is 11.9. The highest BCUT2D eigenvalue weighted by Crippen LogP contribution is 2.36. The minimum Gasteiger partial charge on any atom is -0.457 e. The van der Waals surface area contributed by atoms with Crippen LogP contribution >= 0.6 is 0 Å². The maximum Gasteiger partial charge on any atom is 0.270 e. The summed E-state index contributed by atoms with van der Waals surface area (Å²) in [6, 6.07) is 15.0. The highest BCUT2D eigenvalue weighted by molar-refractivity contribution is 7.90. The van der Waals surface area contributed by atoms with E-state index in [-0.39, 0.29) is 16.5 Å². The van der Waals surface area contributed by atoms with Crippen molar-refractivity contribution in [2.75, 3.05) is 0 Å². The molecule has 0 atom stereocenters. The van der Waals surface area contributed by atoms with Crippen molar-refractivity contribution in [1.29, 1.82) is 0 Å². The van der Waals surface area contributed by atoms with Crippen molar-refractivity contribution in [3.63, 3.8) is 0 Å². The molecule has 4 aromatic rings. The van der Waals surface area contributed by atoms with Crippen molar-refractivity contribution < 1.29 is 18.1 Å². The topological polar surface area (TPSA) is 91.4 Å². The minimum absolute atomic E-state index is 0.0123. The minimum atomic E-state index is -3.78. The molecular formula is C26H26N2O5S. The average molecular weight is 479 g/mol. The number of aromatic nitrogens is 1. The van der Waals surface area contributed by atoms with Crippen LogP contribution < -0.4 is 4.74 Å². The van der Waals surface area contributed by atoms with Crippen LogP contribution in [0.5, 0.6) is 11.5 Å². The van der Waals surface area contributed by atoms with Crippen molar-refractivity contribution in [1.82, 2.24) is 3.97 Å². The third kappa shape index (κ3) is 4.17. The van der Waals surface area contributed by atoms with E-state index < -0.39 is 14.9 Å². The van der Waals surface area contributed by atoms with E-state index in [0.717, 1.165) is 16.5 Å². The molecule has 34 heavy (non-hydrogen) atoms. The Bertz CT molecular complexity index is 1490. The zero-order chi connectivity index (χ0) is 24.8. The maximum absolute atomic E-state index is 13.4. The summed E-state index contributed by atoms with van der Waals surface area (Å²) in [4.78, 5) is 10.9. The van der Waals surface area contributed by atoms with Gasteiger partial charge in [0, 0.05) is 23.7 Å². The van der Waals surface area contributed by atoms with Gasteiger partial charge in [-0.1, -0.05) is 31.5 Å². The molecule has 0 N–H and O–H groups in total. The Hall–Kier alpha value is -3.65. The maximum atomic E-state index is 13.4. The molecule has 3 aromatic carbocycles. The number of hydrogen-bond acceptors (Lipinski definition) is 5. The Morgan fingerprint density at radius 1 is 0.941 bits per heavy atom. The lowest BCUT2D eigenvalue weighted by Gasteiger charge is -2.13. The number of benzene rings is 3. The Morgan fingerprint density at radius 3 is 2.12 bits per heavy atom. The molecule has 0 aliphatic rings.